The molecule has 0 heterocycles. The van der Waals surface area contributed by atoms with Gasteiger partial charge in [-0.05, 0) is 31.5 Å². The Morgan fingerprint density at radius 2 is 1.55 bits per heavy atom. The summed E-state index contributed by atoms with van der Waals surface area (Å²) in [7, 11) is 0. The largest absolute Gasteiger partial charge is 0.274 e. The predicted molar refractivity (Wildman–Crippen MR) is 81.8 cm³/mol. The molecule has 3 heteroatoms. The zero-order valence-corrected chi connectivity index (χ0v) is 11.7. The molecule has 0 bridgehead atoms. The number of nitrogens with zero attached hydrogens (tertiary/aromatic N) is 2. The van der Waals surface area contributed by atoms with Crippen molar-refractivity contribution in [1.82, 2.24) is 5.01 Å². The Morgan fingerprint density at radius 3 is 2.10 bits per heavy atom. The van der Waals surface area contributed by atoms with Gasteiger partial charge in [-0.1, -0.05) is 48.5 Å². The van der Waals surface area contributed by atoms with Crippen LogP contribution < -0.4 is 0 Å². The topological polar surface area (TPSA) is 32.7 Å². The minimum absolute atomic E-state index is 0.00247. The maximum absolute atomic E-state index is 12.4. The van der Waals surface area contributed by atoms with Gasteiger partial charge < -0.3 is 0 Å². The van der Waals surface area contributed by atoms with Crippen LogP contribution in [0.5, 0.6) is 0 Å². The molecule has 0 aliphatic heterocycles. The van der Waals surface area contributed by atoms with Crippen LogP contribution in [-0.2, 0) is 0 Å². The molecule has 0 radical (unpaired) electrons. The molecule has 0 aliphatic rings. The lowest BCUT2D eigenvalue weighted by Gasteiger charge is -2.21. The standard InChI is InChI=1S/C17H18N2O/c1-14(2)19(17(20)16-11-7-4-8-12-16)18-13-15-9-5-3-6-10-15/h3-14H,1-2H3. The summed E-state index contributed by atoms with van der Waals surface area (Å²) in [5.74, 6) is -0.0900. The Bertz CT molecular complexity index is 576. The summed E-state index contributed by atoms with van der Waals surface area (Å²) in [4.78, 5) is 12.4. The van der Waals surface area contributed by atoms with E-state index < -0.39 is 0 Å². The van der Waals surface area contributed by atoms with Crippen molar-refractivity contribution in [2.75, 3.05) is 0 Å². The number of hydrogen-bond donors (Lipinski definition) is 0. The van der Waals surface area contributed by atoms with Gasteiger partial charge in [-0.25, -0.2) is 5.01 Å². The molecule has 0 N–H and O–H groups in total. The van der Waals surface area contributed by atoms with Crippen molar-refractivity contribution in [3.05, 3.63) is 71.8 Å². The molecular weight excluding hydrogens is 248 g/mol. The average Bonchev–Trinajstić information content (AvgIpc) is 2.49. The second kappa shape index (κ2) is 6.66. The highest BCUT2D eigenvalue weighted by molar-refractivity contribution is 5.95. The molecule has 2 aromatic rings. The fourth-order valence-corrected chi connectivity index (χ4v) is 1.80. The second-order valence-corrected chi connectivity index (χ2v) is 4.76. The lowest BCUT2D eigenvalue weighted by atomic mass is 10.2. The number of carbonyl (C=O) groups is 1. The summed E-state index contributed by atoms with van der Waals surface area (Å²) in [6.45, 7) is 3.90. The second-order valence-electron chi connectivity index (χ2n) is 4.76. The van der Waals surface area contributed by atoms with Crippen molar-refractivity contribution in [2.45, 2.75) is 19.9 Å². The van der Waals surface area contributed by atoms with Crippen molar-refractivity contribution < 1.29 is 4.79 Å². The molecule has 0 aliphatic carbocycles. The summed E-state index contributed by atoms with van der Waals surface area (Å²) in [5.41, 5.74) is 1.62. The van der Waals surface area contributed by atoms with Crippen LogP contribution >= 0.6 is 0 Å². The fraction of sp³-hybridized carbons (Fsp3) is 0.176. The maximum Gasteiger partial charge on any atom is 0.274 e. The number of hydrazone groups is 1. The van der Waals surface area contributed by atoms with Crippen LogP contribution in [0, 0.1) is 0 Å². The average molecular weight is 266 g/mol. The highest BCUT2D eigenvalue weighted by Gasteiger charge is 2.17. The van der Waals surface area contributed by atoms with Gasteiger partial charge in [0.15, 0.2) is 0 Å². The van der Waals surface area contributed by atoms with E-state index >= 15 is 0 Å². The molecule has 0 spiro atoms. The molecule has 0 fully saturated rings. The SMILES string of the molecule is CC(C)N(N=Cc1ccccc1)C(=O)c1ccccc1. The Hall–Kier alpha value is -2.42. The van der Waals surface area contributed by atoms with Gasteiger partial charge in [0.1, 0.15) is 0 Å². The van der Waals surface area contributed by atoms with Crippen LogP contribution in [0.4, 0.5) is 0 Å². The molecule has 0 aromatic heterocycles. The number of hydrogen-bond acceptors (Lipinski definition) is 2. The van der Waals surface area contributed by atoms with E-state index in [4.69, 9.17) is 0 Å². The van der Waals surface area contributed by atoms with E-state index in [-0.39, 0.29) is 11.9 Å². The Balaban J connectivity index is 2.20. The molecule has 0 unspecified atom stereocenters. The number of benzene rings is 2. The minimum Gasteiger partial charge on any atom is -0.267 e. The Labute approximate surface area is 119 Å². The lowest BCUT2D eigenvalue weighted by molar-refractivity contribution is 0.0713. The molecule has 102 valence electrons. The van der Waals surface area contributed by atoms with E-state index in [1.165, 1.54) is 5.01 Å². The molecule has 2 rings (SSSR count). The van der Waals surface area contributed by atoms with Gasteiger partial charge in [0.2, 0.25) is 0 Å². The summed E-state index contributed by atoms with van der Waals surface area (Å²) in [6.07, 6.45) is 1.71. The van der Waals surface area contributed by atoms with Gasteiger partial charge in [-0.15, -0.1) is 0 Å². The lowest BCUT2D eigenvalue weighted by Crippen LogP contribution is -2.32. The Morgan fingerprint density at radius 1 is 1.00 bits per heavy atom. The summed E-state index contributed by atoms with van der Waals surface area (Å²) in [6, 6.07) is 19.0. The van der Waals surface area contributed by atoms with Crippen molar-refractivity contribution in [2.24, 2.45) is 5.10 Å². The zero-order valence-electron chi connectivity index (χ0n) is 11.7. The molecule has 2 aromatic carbocycles. The van der Waals surface area contributed by atoms with Gasteiger partial charge in [-0.2, -0.15) is 5.10 Å². The van der Waals surface area contributed by atoms with E-state index in [0.29, 0.717) is 5.56 Å². The van der Waals surface area contributed by atoms with Gasteiger partial charge in [0.05, 0.1) is 12.3 Å². The fourth-order valence-electron chi connectivity index (χ4n) is 1.80. The van der Waals surface area contributed by atoms with Crippen molar-refractivity contribution in [3.8, 4) is 0 Å². The molecule has 20 heavy (non-hydrogen) atoms. The third kappa shape index (κ3) is 3.54. The molecule has 1 amide bonds. The first kappa shape index (κ1) is 14.0. The van der Waals surface area contributed by atoms with Crippen LogP contribution in [0.25, 0.3) is 0 Å². The van der Waals surface area contributed by atoms with Gasteiger partial charge >= 0.3 is 0 Å². The smallest absolute Gasteiger partial charge is 0.267 e. The summed E-state index contributed by atoms with van der Waals surface area (Å²) in [5, 5.41) is 5.83. The molecule has 0 atom stereocenters. The number of rotatable bonds is 4. The van der Waals surface area contributed by atoms with Crippen LogP contribution in [0.3, 0.4) is 0 Å². The third-order valence-electron chi connectivity index (χ3n) is 2.85. The van der Waals surface area contributed by atoms with Gasteiger partial charge in [0.25, 0.3) is 5.91 Å². The summed E-state index contributed by atoms with van der Waals surface area (Å²) < 4.78 is 0. The van der Waals surface area contributed by atoms with Crippen molar-refractivity contribution >= 4 is 12.1 Å². The molecule has 0 saturated heterocycles. The van der Waals surface area contributed by atoms with Crippen molar-refractivity contribution in [3.63, 3.8) is 0 Å². The highest BCUT2D eigenvalue weighted by Crippen LogP contribution is 2.09. The van der Waals surface area contributed by atoms with E-state index in [0.717, 1.165) is 5.56 Å². The third-order valence-corrected chi connectivity index (χ3v) is 2.85. The van der Waals surface area contributed by atoms with Gasteiger partial charge in [-0.3, -0.25) is 4.79 Å². The zero-order chi connectivity index (χ0) is 14.4. The van der Waals surface area contributed by atoms with Crippen LogP contribution in [0.15, 0.2) is 65.8 Å². The minimum atomic E-state index is -0.0900. The van der Waals surface area contributed by atoms with E-state index in [9.17, 15) is 4.79 Å². The highest BCUT2D eigenvalue weighted by atomic mass is 16.2. The summed E-state index contributed by atoms with van der Waals surface area (Å²) >= 11 is 0. The maximum atomic E-state index is 12.4. The van der Waals surface area contributed by atoms with E-state index in [2.05, 4.69) is 5.10 Å². The first-order chi connectivity index (χ1) is 9.68. The normalized spacial score (nSPS) is 10.9. The van der Waals surface area contributed by atoms with Crippen LogP contribution in [-0.4, -0.2) is 23.2 Å². The predicted octanol–water partition coefficient (Wildman–Crippen LogP) is 3.57. The van der Waals surface area contributed by atoms with E-state index in [1.807, 2.05) is 62.4 Å². The monoisotopic (exact) mass is 266 g/mol. The first-order valence-corrected chi connectivity index (χ1v) is 6.66. The van der Waals surface area contributed by atoms with Crippen LogP contribution in [0.1, 0.15) is 29.8 Å². The van der Waals surface area contributed by atoms with Crippen LogP contribution in [0.2, 0.25) is 0 Å². The molecule has 3 nitrogen and oxygen atoms in total. The van der Waals surface area contributed by atoms with Crippen molar-refractivity contribution in [1.29, 1.82) is 0 Å². The molecular formula is C17H18N2O. The quantitative estimate of drug-likeness (QED) is 0.615. The number of amides is 1. The van der Waals surface area contributed by atoms with E-state index in [1.54, 1.807) is 18.3 Å². The Kier molecular flexibility index (Phi) is 4.66. The first-order valence-electron chi connectivity index (χ1n) is 6.66. The number of carbonyl (C=O) groups excluding carboxylic acids is 1. The van der Waals surface area contributed by atoms with Gasteiger partial charge in [0, 0.05) is 5.56 Å². The molecule has 0 saturated carbocycles.